The zero-order valence-electron chi connectivity index (χ0n) is 14.0. The maximum absolute atomic E-state index is 11.6. The van der Waals surface area contributed by atoms with Gasteiger partial charge in [-0.1, -0.05) is 40.9 Å². The average molecular weight is 418 g/mol. The third kappa shape index (κ3) is 5.24. The van der Waals surface area contributed by atoms with Crippen molar-refractivity contribution < 1.29 is 19.1 Å². The van der Waals surface area contributed by atoms with Crippen LogP contribution in [0.5, 0.6) is 0 Å². The van der Waals surface area contributed by atoms with Gasteiger partial charge in [0.15, 0.2) is 6.61 Å². The highest BCUT2D eigenvalue weighted by atomic mass is 35.5. The lowest BCUT2D eigenvalue weighted by molar-refractivity contribution is -0.154. The Hall–Kier alpha value is -2.02. The van der Waals surface area contributed by atoms with Crippen molar-refractivity contribution in [2.75, 3.05) is 13.7 Å². The van der Waals surface area contributed by atoms with Gasteiger partial charge in [0, 0.05) is 21.7 Å². The van der Waals surface area contributed by atoms with E-state index >= 15 is 0 Å². The van der Waals surface area contributed by atoms with E-state index in [1.165, 1.54) is 19.3 Å². The summed E-state index contributed by atoms with van der Waals surface area (Å²) in [5, 5.41) is 5.73. The Morgan fingerprint density at radius 3 is 2.65 bits per heavy atom. The summed E-state index contributed by atoms with van der Waals surface area (Å²) in [6.45, 7) is 1.64. The molecule has 9 heteroatoms. The molecule has 0 spiro atoms. The van der Waals surface area contributed by atoms with E-state index in [2.05, 4.69) is 9.84 Å². The molecule has 138 valence electrons. The van der Waals surface area contributed by atoms with Crippen LogP contribution in [0.2, 0.25) is 15.2 Å². The van der Waals surface area contributed by atoms with Gasteiger partial charge in [0.2, 0.25) is 0 Å². The molecule has 0 aliphatic rings. The van der Waals surface area contributed by atoms with Gasteiger partial charge < -0.3 is 9.47 Å². The quantitative estimate of drug-likeness (QED) is 0.526. The fourth-order valence-electron chi connectivity index (χ4n) is 2.06. The number of esters is 2. The predicted octanol–water partition coefficient (Wildman–Crippen LogP) is 3.93. The molecule has 0 amide bonds. The normalized spacial score (nSPS) is 11.0. The molecule has 2 aromatic rings. The van der Waals surface area contributed by atoms with Crippen LogP contribution in [0, 0.1) is 6.92 Å². The highest BCUT2D eigenvalue weighted by Crippen LogP contribution is 2.26. The smallest absolute Gasteiger partial charge is 0.344 e. The lowest BCUT2D eigenvalue weighted by Gasteiger charge is -2.06. The Balaban J connectivity index is 2.13. The first-order valence-electron chi connectivity index (χ1n) is 7.40. The Labute approximate surface area is 165 Å². The van der Waals surface area contributed by atoms with Crippen molar-refractivity contribution in [3.63, 3.8) is 0 Å². The third-order valence-electron chi connectivity index (χ3n) is 3.39. The molecule has 0 fully saturated rings. The fraction of sp³-hybridized carbons (Fsp3) is 0.235. The molecule has 26 heavy (non-hydrogen) atoms. The molecule has 0 saturated heterocycles. The molecule has 6 nitrogen and oxygen atoms in total. The molecule has 0 radical (unpaired) electrons. The van der Waals surface area contributed by atoms with Gasteiger partial charge in [-0.3, -0.25) is 0 Å². The number of aromatic nitrogens is 2. The van der Waals surface area contributed by atoms with Crippen molar-refractivity contribution >= 4 is 52.8 Å². The molecule has 1 aromatic heterocycles. The fourth-order valence-corrected chi connectivity index (χ4v) is 2.83. The van der Waals surface area contributed by atoms with Crippen LogP contribution in [0.1, 0.15) is 16.8 Å². The number of carbonyl (C=O) groups excluding carboxylic acids is 2. The first-order valence-corrected chi connectivity index (χ1v) is 8.53. The van der Waals surface area contributed by atoms with E-state index in [0.29, 0.717) is 33.0 Å². The zero-order chi connectivity index (χ0) is 19.3. The standard InChI is InChI=1S/C17H15Cl3N2O4/c1-10-13(5-6-15(23)26-9-16(24)25-2)17(20)22(21-10)8-11-3-4-12(18)7-14(11)19/h3-7H,8-9H2,1-2H3/b6-5+. The number of hydrogen-bond acceptors (Lipinski definition) is 5. The van der Waals surface area contributed by atoms with Crippen LogP contribution in [-0.2, 0) is 25.6 Å². The minimum atomic E-state index is -0.695. The van der Waals surface area contributed by atoms with Crippen LogP contribution in [0.15, 0.2) is 24.3 Å². The van der Waals surface area contributed by atoms with Crippen LogP contribution < -0.4 is 0 Å². The average Bonchev–Trinajstić information content (AvgIpc) is 2.86. The highest BCUT2D eigenvalue weighted by molar-refractivity contribution is 6.35. The molecule has 0 aliphatic carbocycles. The lowest BCUT2D eigenvalue weighted by Crippen LogP contribution is -2.13. The Morgan fingerprint density at radius 2 is 2.00 bits per heavy atom. The monoisotopic (exact) mass is 416 g/mol. The molecule has 0 bridgehead atoms. The Kier molecular flexibility index (Phi) is 7.08. The predicted molar refractivity (Wildman–Crippen MR) is 99.5 cm³/mol. The molecular weight excluding hydrogens is 403 g/mol. The largest absolute Gasteiger partial charge is 0.466 e. The maximum atomic E-state index is 11.6. The topological polar surface area (TPSA) is 70.4 Å². The molecule has 0 N–H and O–H groups in total. The van der Waals surface area contributed by atoms with E-state index in [9.17, 15) is 9.59 Å². The summed E-state index contributed by atoms with van der Waals surface area (Å²) < 4.78 is 10.7. The number of halogens is 3. The number of benzene rings is 1. The molecular formula is C17H15Cl3N2O4. The molecule has 1 aromatic carbocycles. The van der Waals surface area contributed by atoms with Crippen molar-refractivity contribution in [2.45, 2.75) is 13.5 Å². The molecule has 0 saturated carbocycles. The summed E-state index contributed by atoms with van der Waals surface area (Å²) in [7, 11) is 1.20. The third-order valence-corrected chi connectivity index (χ3v) is 4.38. The number of carbonyl (C=O) groups is 2. The van der Waals surface area contributed by atoms with Crippen molar-refractivity contribution in [1.29, 1.82) is 0 Å². The molecule has 1 heterocycles. The number of nitrogens with zero attached hydrogens (tertiary/aromatic N) is 2. The van der Waals surface area contributed by atoms with Crippen molar-refractivity contribution in [2.24, 2.45) is 0 Å². The van der Waals surface area contributed by atoms with Crippen LogP contribution in [0.3, 0.4) is 0 Å². The van der Waals surface area contributed by atoms with E-state index in [1.54, 1.807) is 29.8 Å². The van der Waals surface area contributed by atoms with Gasteiger partial charge in [-0.15, -0.1) is 0 Å². The van der Waals surface area contributed by atoms with Crippen LogP contribution in [0.25, 0.3) is 6.08 Å². The Bertz CT molecular complexity index is 862. The van der Waals surface area contributed by atoms with Crippen molar-refractivity contribution in [1.82, 2.24) is 9.78 Å². The van der Waals surface area contributed by atoms with E-state index in [1.807, 2.05) is 0 Å². The maximum Gasteiger partial charge on any atom is 0.344 e. The summed E-state index contributed by atoms with van der Waals surface area (Å²) in [5.74, 6) is -1.34. The summed E-state index contributed by atoms with van der Waals surface area (Å²) in [6, 6.07) is 5.16. The van der Waals surface area contributed by atoms with Gasteiger partial charge in [-0.05, 0) is 30.7 Å². The summed E-state index contributed by atoms with van der Waals surface area (Å²) in [5.41, 5.74) is 1.98. The first kappa shape index (κ1) is 20.3. The Morgan fingerprint density at radius 1 is 1.27 bits per heavy atom. The van der Waals surface area contributed by atoms with Gasteiger partial charge in [0.05, 0.1) is 19.3 Å². The molecule has 2 rings (SSSR count). The number of methoxy groups -OCH3 is 1. The lowest BCUT2D eigenvalue weighted by atomic mass is 10.2. The van der Waals surface area contributed by atoms with E-state index < -0.39 is 18.5 Å². The summed E-state index contributed by atoms with van der Waals surface area (Å²) in [6.07, 6.45) is 2.64. The van der Waals surface area contributed by atoms with E-state index in [-0.39, 0.29) is 0 Å². The molecule has 0 atom stereocenters. The number of ether oxygens (including phenoxy) is 2. The van der Waals surface area contributed by atoms with Gasteiger partial charge >= 0.3 is 11.9 Å². The van der Waals surface area contributed by atoms with E-state index in [0.717, 1.165) is 5.56 Å². The van der Waals surface area contributed by atoms with Crippen LogP contribution in [0.4, 0.5) is 0 Å². The second kappa shape index (κ2) is 9.07. The van der Waals surface area contributed by atoms with Crippen LogP contribution in [-0.4, -0.2) is 35.4 Å². The van der Waals surface area contributed by atoms with E-state index in [4.69, 9.17) is 39.5 Å². The highest BCUT2D eigenvalue weighted by Gasteiger charge is 2.13. The second-order valence-corrected chi connectivity index (χ2v) is 6.40. The van der Waals surface area contributed by atoms with Crippen LogP contribution >= 0.6 is 34.8 Å². The van der Waals surface area contributed by atoms with Crippen molar-refractivity contribution in [3.8, 4) is 0 Å². The second-order valence-electron chi connectivity index (χ2n) is 5.20. The summed E-state index contributed by atoms with van der Waals surface area (Å²) >= 11 is 18.4. The number of aryl methyl sites for hydroxylation is 1. The number of rotatable bonds is 6. The SMILES string of the molecule is COC(=O)COC(=O)/C=C/c1c(C)nn(Cc2ccc(Cl)cc2Cl)c1Cl. The minimum Gasteiger partial charge on any atom is -0.466 e. The van der Waals surface area contributed by atoms with Crippen molar-refractivity contribution in [3.05, 3.63) is 56.3 Å². The van der Waals surface area contributed by atoms with Gasteiger partial charge in [0.1, 0.15) is 5.15 Å². The van der Waals surface area contributed by atoms with Gasteiger partial charge in [0.25, 0.3) is 0 Å². The van der Waals surface area contributed by atoms with Gasteiger partial charge in [-0.25, -0.2) is 14.3 Å². The minimum absolute atomic E-state index is 0.338. The van der Waals surface area contributed by atoms with Gasteiger partial charge in [-0.2, -0.15) is 5.10 Å². The summed E-state index contributed by atoms with van der Waals surface area (Å²) in [4.78, 5) is 22.6. The molecule has 0 unspecified atom stereocenters. The number of hydrogen-bond donors (Lipinski definition) is 0. The zero-order valence-corrected chi connectivity index (χ0v) is 16.2. The molecule has 0 aliphatic heterocycles. The first-order chi connectivity index (χ1) is 12.3.